The third-order valence-corrected chi connectivity index (χ3v) is 3.84. The molecule has 0 radical (unpaired) electrons. The molecule has 0 aromatic carbocycles. The first kappa shape index (κ1) is 14.0. The van der Waals surface area contributed by atoms with Crippen LogP contribution >= 0.6 is 0 Å². The molecule has 19 heavy (non-hydrogen) atoms. The molecule has 1 fully saturated rings. The first-order valence-electron chi connectivity index (χ1n) is 6.67. The summed E-state index contributed by atoms with van der Waals surface area (Å²) in [5, 5.41) is 16.4. The lowest BCUT2D eigenvalue weighted by Crippen LogP contribution is -2.39. The summed E-state index contributed by atoms with van der Waals surface area (Å²) in [6.45, 7) is 3.56. The van der Waals surface area contributed by atoms with E-state index in [0.29, 0.717) is 18.3 Å². The van der Waals surface area contributed by atoms with E-state index in [-0.39, 0.29) is 5.56 Å². The van der Waals surface area contributed by atoms with E-state index in [4.69, 9.17) is 5.11 Å². The number of aromatic carboxylic acids is 1. The molecule has 0 saturated heterocycles. The van der Waals surface area contributed by atoms with Crippen molar-refractivity contribution in [1.29, 1.82) is 0 Å². The molecule has 2 rings (SSSR count). The van der Waals surface area contributed by atoms with Crippen molar-refractivity contribution in [3.63, 3.8) is 0 Å². The molecular weight excluding hydrogens is 244 g/mol. The number of nitrogens with one attached hydrogen (secondary N) is 1. The molecule has 6 heteroatoms. The number of hydrogen-bond donors (Lipinski definition) is 2. The summed E-state index contributed by atoms with van der Waals surface area (Å²) < 4.78 is 1.62. The number of likely N-dealkylation sites (N-methyl/N-ethyl adjacent to an activating group) is 1. The van der Waals surface area contributed by atoms with E-state index in [1.807, 2.05) is 0 Å². The number of hydrogen-bond acceptors (Lipinski definition) is 4. The van der Waals surface area contributed by atoms with Gasteiger partial charge in [-0.15, -0.1) is 0 Å². The second-order valence-electron chi connectivity index (χ2n) is 5.31. The highest BCUT2D eigenvalue weighted by Gasteiger charge is 2.28. The Morgan fingerprint density at radius 2 is 2.37 bits per heavy atom. The van der Waals surface area contributed by atoms with Gasteiger partial charge in [-0.25, -0.2) is 4.79 Å². The van der Waals surface area contributed by atoms with Crippen molar-refractivity contribution in [1.82, 2.24) is 20.0 Å². The van der Waals surface area contributed by atoms with Gasteiger partial charge >= 0.3 is 5.97 Å². The van der Waals surface area contributed by atoms with E-state index in [2.05, 4.69) is 29.3 Å². The van der Waals surface area contributed by atoms with Crippen molar-refractivity contribution < 1.29 is 9.90 Å². The Morgan fingerprint density at radius 1 is 1.68 bits per heavy atom. The van der Waals surface area contributed by atoms with Crippen molar-refractivity contribution in [2.45, 2.75) is 38.4 Å². The quantitative estimate of drug-likeness (QED) is 0.760. The molecule has 0 bridgehead atoms. The Kier molecular flexibility index (Phi) is 4.21. The maximum absolute atomic E-state index is 11.0. The smallest absolute Gasteiger partial charge is 0.339 e. The standard InChI is InChI=1S/C13H22N4O2/c1-9(16(2)10-4-5-10)6-14-8-12-11(13(18)19)7-15-17(12)3/h7,9-10,14H,4-6,8H2,1-3H3,(H,18,19). The van der Waals surface area contributed by atoms with Crippen molar-refractivity contribution in [3.8, 4) is 0 Å². The van der Waals surface area contributed by atoms with Crippen LogP contribution < -0.4 is 5.32 Å². The van der Waals surface area contributed by atoms with Gasteiger partial charge in [0.2, 0.25) is 0 Å². The Morgan fingerprint density at radius 3 is 2.95 bits per heavy atom. The third-order valence-electron chi connectivity index (χ3n) is 3.84. The molecule has 1 saturated carbocycles. The van der Waals surface area contributed by atoms with Crippen LogP contribution in [0.4, 0.5) is 0 Å². The maximum atomic E-state index is 11.0. The monoisotopic (exact) mass is 266 g/mol. The molecule has 1 heterocycles. The molecule has 0 aliphatic heterocycles. The van der Waals surface area contributed by atoms with Crippen LogP contribution in [0, 0.1) is 0 Å². The van der Waals surface area contributed by atoms with Crippen LogP contribution in [0.25, 0.3) is 0 Å². The first-order chi connectivity index (χ1) is 9.00. The fourth-order valence-corrected chi connectivity index (χ4v) is 2.24. The Balaban J connectivity index is 1.85. The summed E-state index contributed by atoms with van der Waals surface area (Å²) in [4.78, 5) is 13.4. The van der Waals surface area contributed by atoms with Crippen molar-refractivity contribution >= 4 is 5.97 Å². The molecule has 2 N–H and O–H groups in total. The van der Waals surface area contributed by atoms with Crippen molar-refractivity contribution in [2.24, 2.45) is 7.05 Å². The first-order valence-corrected chi connectivity index (χ1v) is 6.67. The number of aryl methyl sites for hydroxylation is 1. The minimum atomic E-state index is -0.923. The van der Waals surface area contributed by atoms with Gasteiger partial charge in [0.15, 0.2) is 0 Å². The highest BCUT2D eigenvalue weighted by Crippen LogP contribution is 2.26. The van der Waals surface area contributed by atoms with Gasteiger partial charge in [0.05, 0.1) is 11.9 Å². The van der Waals surface area contributed by atoms with Gasteiger partial charge in [0, 0.05) is 32.2 Å². The lowest BCUT2D eigenvalue weighted by molar-refractivity contribution is 0.0695. The molecule has 1 aromatic heterocycles. The zero-order chi connectivity index (χ0) is 14.0. The van der Waals surface area contributed by atoms with Gasteiger partial charge in [0.1, 0.15) is 5.56 Å². The topological polar surface area (TPSA) is 70.4 Å². The molecule has 1 unspecified atom stereocenters. The van der Waals surface area contributed by atoms with Crippen LogP contribution in [-0.2, 0) is 13.6 Å². The second kappa shape index (κ2) is 5.71. The largest absolute Gasteiger partial charge is 0.478 e. The van der Waals surface area contributed by atoms with Gasteiger partial charge < -0.3 is 10.4 Å². The van der Waals surface area contributed by atoms with Gasteiger partial charge in [-0.05, 0) is 26.8 Å². The summed E-state index contributed by atoms with van der Waals surface area (Å²) >= 11 is 0. The predicted molar refractivity (Wildman–Crippen MR) is 72.1 cm³/mol. The number of carbonyl (C=O) groups is 1. The average Bonchev–Trinajstić information content (AvgIpc) is 3.14. The summed E-state index contributed by atoms with van der Waals surface area (Å²) in [5.74, 6) is -0.923. The minimum absolute atomic E-state index is 0.276. The van der Waals surface area contributed by atoms with E-state index >= 15 is 0 Å². The van der Waals surface area contributed by atoms with Crippen LogP contribution in [-0.4, -0.2) is 51.4 Å². The summed E-state index contributed by atoms with van der Waals surface area (Å²) in [6.07, 6.45) is 4.00. The predicted octanol–water partition coefficient (Wildman–Crippen LogP) is 0.691. The SMILES string of the molecule is CC(CNCc1c(C(=O)O)cnn1C)N(C)C1CC1. The number of nitrogens with zero attached hydrogens (tertiary/aromatic N) is 3. The molecule has 0 spiro atoms. The number of carboxylic acids is 1. The molecule has 1 atom stereocenters. The van der Waals surface area contributed by atoms with E-state index in [9.17, 15) is 4.79 Å². The molecule has 106 valence electrons. The highest BCUT2D eigenvalue weighted by molar-refractivity contribution is 5.88. The fourth-order valence-electron chi connectivity index (χ4n) is 2.24. The molecule has 6 nitrogen and oxygen atoms in total. The second-order valence-corrected chi connectivity index (χ2v) is 5.31. The summed E-state index contributed by atoms with van der Waals surface area (Å²) in [6, 6.07) is 1.19. The van der Waals surface area contributed by atoms with E-state index < -0.39 is 5.97 Å². The summed E-state index contributed by atoms with van der Waals surface area (Å²) in [5.41, 5.74) is 0.993. The van der Waals surface area contributed by atoms with E-state index in [1.165, 1.54) is 19.0 Å². The van der Waals surface area contributed by atoms with Gasteiger partial charge in [-0.3, -0.25) is 9.58 Å². The van der Waals surface area contributed by atoms with Gasteiger partial charge in [-0.1, -0.05) is 0 Å². The number of carboxylic acid groups (broad SMARTS) is 1. The van der Waals surface area contributed by atoms with Crippen LogP contribution in [0.15, 0.2) is 6.20 Å². The van der Waals surface area contributed by atoms with Crippen LogP contribution in [0.5, 0.6) is 0 Å². The Labute approximate surface area is 113 Å². The molecule has 1 aliphatic carbocycles. The van der Waals surface area contributed by atoms with Crippen LogP contribution in [0.1, 0.15) is 35.8 Å². The van der Waals surface area contributed by atoms with Gasteiger partial charge in [0.25, 0.3) is 0 Å². The van der Waals surface area contributed by atoms with Gasteiger partial charge in [-0.2, -0.15) is 5.10 Å². The molecule has 1 aromatic rings. The lowest BCUT2D eigenvalue weighted by atomic mass is 10.2. The fraction of sp³-hybridized carbons (Fsp3) is 0.692. The Hall–Kier alpha value is -1.40. The molecule has 1 aliphatic rings. The van der Waals surface area contributed by atoms with Crippen LogP contribution in [0.3, 0.4) is 0 Å². The highest BCUT2D eigenvalue weighted by atomic mass is 16.4. The third kappa shape index (κ3) is 3.33. The average molecular weight is 266 g/mol. The molecular formula is C13H22N4O2. The maximum Gasteiger partial charge on any atom is 0.339 e. The normalized spacial score (nSPS) is 16.8. The Bertz CT molecular complexity index is 453. The zero-order valence-corrected chi connectivity index (χ0v) is 11.8. The van der Waals surface area contributed by atoms with Crippen LogP contribution in [0.2, 0.25) is 0 Å². The van der Waals surface area contributed by atoms with Crippen molar-refractivity contribution in [3.05, 3.63) is 17.5 Å². The van der Waals surface area contributed by atoms with Crippen molar-refractivity contribution in [2.75, 3.05) is 13.6 Å². The number of rotatable bonds is 7. The summed E-state index contributed by atoms with van der Waals surface area (Å²) in [7, 11) is 3.92. The lowest BCUT2D eigenvalue weighted by Gasteiger charge is -2.24. The zero-order valence-electron chi connectivity index (χ0n) is 11.8. The minimum Gasteiger partial charge on any atom is -0.478 e. The van der Waals surface area contributed by atoms with E-state index in [1.54, 1.807) is 11.7 Å². The molecule has 0 amide bonds. The van der Waals surface area contributed by atoms with E-state index in [0.717, 1.165) is 12.6 Å². The number of aromatic nitrogens is 2.